The summed E-state index contributed by atoms with van der Waals surface area (Å²) >= 11 is 0. The van der Waals surface area contributed by atoms with Crippen LogP contribution in [0.4, 0.5) is 11.4 Å². The zero-order chi connectivity index (χ0) is 16.6. The van der Waals surface area contributed by atoms with Crippen LogP contribution in [0.2, 0.25) is 0 Å². The standard InChI is InChI=1S/C19H20N2O2/c1-13-11-14(2)17(15(3)12-13)21-10-9-20(18(21)19(22)23)16-7-5-4-6-8-16/h4-8,11-12H,9-10H2,1-3H3/p+1. The third-order valence-electron chi connectivity index (χ3n) is 4.22. The molecular formula is C19H21N2O2+. The van der Waals surface area contributed by atoms with Gasteiger partial charge in [0, 0.05) is 0 Å². The second-order valence-electron chi connectivity index (χ2n) is 6.01. The third-order valence-corrected chi connectivity index (χ3v) is 4.22. The van der Waals surface area contributed by atoms with E-state index in [1.807, 2.05) is 53.7 Å². The van der Waals surface area contributed by atoms with E-state index < -0.39 is 5.97 Å². The second-order valence-corrected chi connectivity index (χ2v) is 6.01. The molecule has 0 amide bonds. The summed E-state index contributed by atoms with van der Waals surface area (Å²) in [5.74, 6) is -0.572. The molecule has 0 saturated heterocycles. The molecule has 0 unspecified atom stereocenters. The molecule has 4 heteroatoms. The number of carbonyl (C=O) groups is 1. The molecule has 0 aromatic heterocycles. The lowest BCUT2D eigenvalue weighted by Gasteiger charge is -2.12. The van der Waals surface area contributed by atoms with Crippen molar-refractivity contribution in [3.63, 3.8) is 0 Å². The minimum absolute atomic E-state index is 0.325. The quantitative estimate of drug-likeness (QED) is 0.885. The number of amidine groups is 1. The lowest BCUT2D eigenvalue weighted by Crippen LogP contribution is -2.35. The predicted octanol–water partition coefficient (Wildman–Crippen LogP) is 3.26. The van der Waals surface area contributed by atoms with E-state index in [0.717, 1.165) is 22.5 Å². The topological polar surface area (TPSA) is 43.6 Å². The van der Waals surface area contributed by atoms with Crippen molar-refractivity contribution in [2.45, 2.75) is 20.8 Å². The summed E-state index contributed by atoms with van der Waals surface area (Å²) in [6, 6.07) is 13.9. The van der Waals surface area contributed by atoms with Gasteiger partial charge in [0.1, 0.15) is 24.5 Å². The Labute approximate surface area is 136 Å². The van der Waals surface area contributed by atoms with E-state index in [-0.39, 0.29) is 0 Å². The van der Waals surface area contributed by atoms with Crippen molar-refractivity contribution in [2.75, 3.05) is 18.0 Å². The molecule has 0 radical (unpaired) electrons. The van der Waals surface area contributed by atoms with Gasteiger partial charge in [0.25, 0.3) is 0 Å². The van der Waals surface area contributed by atoms with Gasteiger partial charge in [-0.05, 0) is 44.0 Å². The first-order valence-corrected chi connectivity index (χ1v) is 7.77. The molecule has 0 spiro atoms. The van der Waals surface area contributed by atoms with Crippen LogP contribution in [0, 0.1) is 20.8 Å². The summed E-state index contributed by atoms with van der Waals surface area (Å²) in [5.41, 5.74) is 5.33. The number of carboxylic acid groups (broad SMARTS) is 1. The van der Waals surface area contributed by atoms with Crippen LogP contribution in [0.1, 0.15) is 16.7 Å². The van der Waals surface area contributed by atoms with Crippen molar-refractivity contribution in [1.29, 1.82) is 0 Å². The van der Waals surface area contributed by atoms with Crippen LogP contribution in [-0.2, 0) is 4.79 Å². The van der Waals surface area contributed by atoms with Gasteiger partial charge in [-0.3, -0.25) is 0 Å². The van der Waals surface area contributed by atoms with E-state index >= 15 is 0 Å². The van der Waals surface area contributed by atoms with Crippen LogP contribution in [0.25, 0.3) is 0 Å². The fourth-order valence-electron chi connectivity index (χ4n) is 3.46. The van der Waals surface area contributed by atoms with Crippen molar-refractivity contribution in [1.82, 2.24) is 0 Å². The number of rotatable bonds is 3. The number of aliphatic carboxylic acids is 1. The lowest BCUT2D eigenvalue weighted by atomic mass is 10.0. The summed E-state index contributed by atoms with van der Waals surface area (Å²) in [6.45, 7) is 7.48. The average molecular weight is 309 g/mol. The number of hydrogen-bond acceptors (Lipinski definition) is 2. The Hall–Kier alpha value is -2.62. The highest BCUT2D eigenvalue weighted by Gasteiger charge is 2.39. The van der Waals surface area contributed by atoms with Gasteiger partial charge in [-0.1, -0.05) is 35.9 Å². The van der Waals surface area contributed by atoms with E-state index in [1.54, 1.807) is 0 Å². The molecule has 1 heterocycles. The van der Waals surface area contributed by atoms with Gasteiger partial charge >= 0.3 is 11.8 Å². The number of aryl methyl sites for hydroxylation is 3. The van der Waals surface area contributed by atoms with Crippen molar-refractivity contribution in [3.8, 4) is 0 Å². The van der Waals surface area contributed by atoms with E-state index in [2.05, 4.69) is 19.1 Å². The molecule has 2 aromatic carbocycles. The van der Waals surface area contributed by atoms with Crippen LogP contribution in [0.3, 0.4) is 0 Å². The number of carboxylic acids is 1. The zero-order valence-electron chi connectivity index (χ0n) is 13.7. The highest BCUT2D eigenvalue weighted by atomic mass is 16.4. The molecule has 2 aromatic rings. The Morgan fingerprint density at radius 2 is 1.70 bits per heavy atom. The van der Waals surface area contributed by atoms with Crippen molar-refractivity contribution in [3.05, 3.63) is 59.2 Å². The Bertz CT molecular complexity index is 771. The normalized spacial score (nSPS) is 14.5. The van der Waals surface area contributed by atoms with E-state index in [0.29, 0.717) is 18.9 Å². The van der Waals surface area contributed by atoms with Gasteiger partial charge in [-0.25, -0.2) is 14.3 Å². The van der Waals surface area contributed by atoms with Crippen LogP contribution >= 0.6 is 0 Å². The van der Waals surface area contributed by atoms with Crippen molar-refractivity contribution < 1.29 is 14.5 Å². The molecule has 3 rings (SSSR count). The minimum Gasteiger partial charge on any atom is -0.472 e. The molecule has 0 saturated carbocycles. The number of para-hydroxylation sites is 1. The number of nitrogens with zero attached hydrogens (tertiary/aromatic N) is 2. The molecule has 1 aliphatic rings. The summed E-state index contributed by atoms with van der Waals surface area (Å²) in [5, 5.41) is 9.79. The predicted molar refractivity (Wildman–Crippen MR) is 91.9 cm³/mol. The Morgan fingerprint density at radius 1 is 1.09 bits per heavy atom. The van der Waals surface area contributed by atoms with Gasteiger partial charge < -0.3 is 5.11 Å². The maximum absolute atomic E-state index is 11.9. The van der Waals surface area contributed by atoms with Crippen LogP contribution in [-0.4, -0.2) is 34.6 Å². The van der Waals surface area contributed by atoms with Crippen molar-refractivity contribution in [2.24, 2.45) is 0 Å². The van der Waals surface area contributed by atoms with Crippen LogP contribution in [0.5, 0.6) is 0 Å². The summed E-state index contributed by atoms with van der Waals surface area (Å²) in [6.07, 6.45) is 0. The SMILES string of the molecule is Cc1cc(C)c([N+]2=C(C(=O)O)N(c3ccccc3)CC2)c(C)c1. The number of anilines is 1. The highest BCUT2D eigenvalue weighted by molar-refractivity contribution is 6.38. The molecule has 1 aliphatic heterocycles. The minimum atomic E-state index is -0.897. The molecule has 0 bridgehead atoms. The molecule has 118 valence electrons. The fourth-order valence-corrected chi connectivity index (χ4v) is 3.46. The Kier molecular flexibility index (Phi) is 3.90. The van der Waals surface area contributed by atoms with Gasteiger partial charge in [0.15, 0.2) is 0 Å². The first kappa shape index (κ1) is 15.3. The molecular weight excluding hydrogens is 288 g/mol. The summed E-state index contributed by atoms with van der Waals surface area (Å²) in [7, 11) is 0. The molecule has 23 heavy (non-hydrogen) atoms. The van der Waals surface area contributed by atoms with Gasteiger partial charge in [0.2, 0.25) is 0 Å². The molecule has 0 atom stereocenters. The Morgan fingerprint density at radius 3 is 2.26 bits per heavy atom. The fraction of sp³-hybridized carbons (Fsp3) is 0.263. The summed E-state index contributed by atoms with van der Waals surface area (Å²) < 4.78 is 1.93. The molecule has 1 N–H and O–H groups in total. The highest BCUT2D eigenvalue weighted by Crippen LogP contribution is 2.28. The van der Waals surface area contributed by atoms with E-state index in [9.17, 15) is 9.90 Å². The monoisotopic (exact) mass is 309 g/mol. The number of hydrogen-bond donors (Lipinski definition) is 1. The average Bonchev–Trinajstić information content (AvgIpc) is 2.92. The third kappa shape index (κ3) is 2.72. The van der Waals surface area contributed by atoms with Gasteiger partial charge in [-0.15, -0.1) is 0 Å². The Balaban J connectivity index is 2.17. The van der Waals surface area contributed by atoms with E-state index in [4.69, 9.17) is 0 Å². The maximum Gasteiger partial charge on any atom is 0.419 e. The van der Waals surface area contributed by atoms with Crippen molar-refractivity contribution >= 4 is 23.2 Å². The first-order valence-electron chi connectivity index (χ1n) is 7.77. The molecule has 0 fully saturated rings. The van der Waals surface area contributed by atoms with Gasteiger partial charge in [-0.2, -0.15) is 0 Å². The van der Waals surface area contributed by atoms with Gasteiger partial charge in [0.05, 0.1) is 0 Å². The largest absolute Gasteiger partial charge is 0.472 e. The smallest absolute Gasteiger partial charge is 0.419 e. The lowest BCUT2D eigenvalue weighted by molar-refractivity contribution is -0.429. The summed E-state index contributed by atoms with van der Waals surface area (Å²) in [4.78, 5) is 13.8. The van der Waals surface area contributed by atoms with Crippen LogP contribution in [0.15, 0.2) is 42.5 Å². The zero-order valence-corrected chi connectivity index (χ0v) is 13.7. The van der Waals surface area contributed by atoms with Crippen LogP contribution < -0.4 is 4.90 Å². The van der Waals surface area contributed by atoms with E-state index in [1.165, 1.54) is 5.56 Å². The molecule has 0 aliphatic carbocycles. The first-order chi connectivity index (χ1) is 11.0. The molecule has 4 nitrogen and oxygen atoms in total. The number of benzene rings is 2. The maximum atomic E-state index is 11.9. The second kappa shape index (κ2) is 5.88.